The second-order valence-electron chi connectivity index (χ2n) is 4.64. The minimum atomic E-state index is 0.694. The molecule has 0 saturated heterocycles. The number of aryl methyl sites for hydroxylation is 1. The van der Waals surface area contributed by atoms with Gasteiger partial charge in [-0.1, -0.05) is 27.3 Å². The second-order valence-corrected chi connectivity index (χ2v) is 6.56. The first-order valence-electron chi connectivity index (χ1n) is 6.22. The first kappa shape index (κ1) is 15.1. The van der Waals surface area contributed by atoms with Crippen molar-refractivity contribution in [3.8, 4) is 5.88 Å². The van der Waals surface area contributed by atoms with Gasteiger partial charge in [0.15, 0.2) is 5.13 Å². The zero-order chi connectivity index (χ0) is 14.7. The van der Waals surface area contributed by atoms with Gasteiger partial charge in [-0.25, -0.2) is 0 Å². The van der Waals surface area contributed by atoms with Crippen LogP contribution in [0.3, 0.4) is 0 Å². The minimum Gasteiger partial charge on any atom is -0.480 e. The van der Waals surface area contributed by atoms with E-state index < -0.39 is 0 Å². The van der Waals surface area contributed by atoms with Crippen molar-refractivity contribution in [2.75, 3.05) is 31.4 Å². The van der Waals surface area contributed by atoms with E-state index >= 15 is 0 Å². The summed E-state index contributed by atoms with van der Waals surface area (Å²) in [5, 5.41) is 4.36. The molecule has 2 rings (SSSR count). The summed E-state index contributed by atoms with van der Waals surface area (Å²) in [6, 6.07) is 6.22. The highest BCUT2D eigenvalue weighted by Gasteiger charge is 2.12. The monoisotopic (exact) mass is 355 g/mol. The number of anilines is 2. The van der Waals surface area contributed by atoms with Gasteiger partial charge in [-0.3, -0.25) is 0 Å². The molecule has 0 aliphatic heterocycles. The third-order valence-corrected chi connectivity index (χ3v) is 4.93. The molecule has 0 aliphatic carbocycles. The zero-order valence-electron chi connectivity index (χ0n) is 12.0. The molecule has 0 spiro atoms. The summed E-state index contributed by atoms with van der Waals surface area (Å²) in [6.07, 6.45) is 0. The van der Waals surface area contributed by atoms with Gasteiger partial charge >= 0.3 is 0 Å². The molecule has 2 aromatic rings. The zero-order valence-corrected chi connectivity index (χ0v) is 14.4. The number of nitrogens with one attached hydrogen (secondary N) is 1. The summed E-state index contributed by atoms with van der Waals surface area (Å²) in [7, 11) is 5.61. The molecule has 0 bridgehead atoms. The first-order chi connectivity index (χ1) is 9.51. The van der Waals surface area contributed by atoms with Crippen molar-refractivity contribution in [1.29, 1.82) is 0 Å². The fourth-order valence-electron chi connectivity index (χ4n) is 1.73. The molecule has 0 amide bonds. The lowest BCUT2D eigenvalue weighted by atomic mass is 10.2. The number of halogens is 1. The molecular formula is C14H18BrN3OS. The summed E-state index contributed by atoms with van der Waals surface area (Å²) in [5.74, 6) is 0.694. The fourth-order valence-corrected chi connectivity index (χ4v) is 2.86. The van der Waals surface area contributed by atoms with Crippen LogP contribution in [0.25, 0.3) is 0 Å². The Kier molecular flexibility index (Phi) is 4.88. The third kappa shape index (κ3) is 3.43. The Morgan fingerprint density at radius 3 is 2.75 bits per heavy atom. The predicted octanol–water partition coefficient (Wildman–Crippen LogP) is 3.90. The Morgan fingerprint density at radius 2 is 2.15 bits per heavy atom. The summed E-state index contributed by atoms with van der Waals surface area (Å²) in [5.41, 5.74) is 2.30. The molecule has 0 aliphatic rings. The van der Waals surface area contributed by atoms with E-state index in [1.165, 1.54) is 5.56 Å². The lowest BCUT2D eigenvalue weighted by Crippen LogP contribution is -2.07. The van der Waals surface area contributed by atoms with Crippen LogP contribution in [0.15, 0.2) is 22.7 Å². The number of rotatable bonds is 5. The Hall–Kier alpha value is -1.27. The highest BCUT2D eigenvalue weighted by atomic mass is 79.9. The second kappa shape index (κ2) is 6.45. The molecule has 1 aromatic carbocycles. The number of thiazole rings is 1. The van der Waals surface area contributed by atoms with Crippen molar-refractivity contribution in [3.05, 3.63) is 33.1 Å². The van der Waals surface area contributed by atoms with Crippen LogP contribution in [0, 0.1) is 6.92 Å². The standard InChI is InChI=1S/C14H18BrN3OS/c1-9-7-10(5-6-11(9)15)16-8-12-13(19-4)17-14(20-12)18(2)3/h5-7,16H,8H2,1-4H3. The number of hydrogen-bond acceptors (Lipinski definition) is 5. The van der Waals surface area contributed by atoms with Crippen molar-refractivity contribution >= 4 is 38.1 Å². The van der Waals surface area contributed by atoms with E-state index in [0.717, 1.165) is 20.2 Å². The van der Waals surface area contributed by atoms with Gasteiger partial charge in [0.2, 0.25) is 5.88 Å². The number of aromatic nitrogens is 1. The van der Waals surface area contributed by atoms with E-state index in [0.29, 0.717) is 12.4 Å². The van der Waals surface area contributed by atoms with Crippen LogP contribution in [0.5, 0.6) is 5.88 Å². The Morgan fingerprint density at radius 1 is 1.40 bits per heavy atom. The highest BCUT2D eigenvalue weighted by Crippen LogP contribution is 2.31. The molecule has 1 aromatic heterocycles. The van der Waals surface area contributed by atoms with Crippen molar-refractivity contribution in [3.63, 3.8) is 0 Å². The summed E-state index contributed by atoms with van der Waals surface area (Å²) >= 11 is 5.14. The van der Waals surface area contributed by atoms with Crippen LogP contribution in [0.4, 0.5) is 10.8 Å². The van der Waals surface area contributed by atoms with Crippen LogP contribution in [0.1, 0.15) is 10.4 Å². The summed E-state index contributed by atoms with van der Waals surface area (Å²) < 4.78 is 6.45. The van der Waals surface area contributed by atoms with Gasteiger partial charge in [-0.15, -0.1) is 0 Å². The lowest BCUT2D eigenvalue weighted by Gasteiger charge is -2.07. The van der Waals surface area contributed by atoms with Gasteiger partial charge in [0, 0.05) is 24.3 Å². The predicted molar refractivity (Wildman–Crippen MR) is 89.2 cm³/mol. The molecule has 0 unspecified atom stereocenters. The largest absolute Gasteiger partial charge is 0.480 e. The molecule has 0 saturated carbocycles. The number of methoxy groups -OCH3 is 1. The van der Waals surface area contributed by atoms with E-state index in [1.807, 2.05) is 25.1 Å². The van der Waals surface area contributed by atoms with E-state index in [4.69, 9.17) is 4.74 Å². The van der Waals surface area contributed by atoms with E-state index in [2.05, 4.69) is 45.3 Å². The quantitative estimate of drug-likeness (QED) is 0.882. The molecule has 108 valence electrons. The van der Waals surface area contributed by atoms with E-state index in [1.54, 1.807) is 18.4 Å². The van der Waals surface area contributed by atoms with Crippen LogP contribution in [-0.4, -0.2) is 26.2 Å². The first-order valence-corrected chi connectivity index (χ1v) is 7.83. The average molecular weight is 356 g/mol. The normalized spacial score (nSPS) is 10.4. The van der Waals surface area contributed by atoms with Crippen LogP contribution < -0.4 is 15.0 Å². The lowest BCUT2D eigenvalue weighted by molar-refractivity contribution is 0.397. The summed E-state index contributed by atoms with van der Waals surface area (Å²) in [6.45, 7) is 2.78. The SMILES string of the molecule is COc1nc(N(C)C)sc1CNc1ccc(Br)c(C)c1. The molecule has 1 heterocycles. The third-order valence-electron chi connectivity index (χ3n) is 2.84. The minimum absolute atomic E-state index is 0.694. The smallest absolute Gasteiger partial charge is 0.231 e. The average Bonchev–Trinajstić information content (AvgIpc) is 2.83. The topological polar surface area (TPSA) is 37.4 Å². The number of hydrogen-bond donors (Lipinski definition) is 1. The Balaban J connectivity index is 2.11. The maximum Gasteiger partial charge on any atom is 0.231 e. The maximum absolute atomic E-state index is 5.33. The maximum atomic E-state index is 5.33. The molecule has 6 heteroatoms. The van der Waals surface area contributed by atoms with Gasteiger partial charge in [0.05, 0.1) is 18.5 Å². The molecule has 20 heavy (non-hydrogen) atoms. The van der Waals surface area contributed by atoms with Crippen molar-refractivity contribution in [2.45, 2.75) is 13.5 Å². The summed E-state index contributed by atoms with van der Waals surface area (Å²) in [4.78, 5) is 7.53. The van der Waals surface area contributed by atoms with Gasteiger partial charge in [-0.05, 0) is 30.7 Å². The molecule has 0 atom stereocenters. The van der Waals surface area contributed by atoms with Crippen molar-refractivity contribution < 1.29 is 4.74 Å². The molecule has 4 nitrogen and oxygen atoms in total. The van der Waals surface area contributed by atoms with Crippen LogP contribution >= 0.6 is 27.3 Å². The Labute approximate surface area is 131 Å². The fraction of sp³-hybridized carbons (Fsp3) is 0.357. The van der Waals surface area contributed by atoms with E-state index in [-0.39, 0.29) is 0 Å². The molecule has 1 N–H and O–H groups in total. The van der Waals surface area contributed by atoms with Crippen molar-refractivity contribution in [1.82, 2.24) is 4.98 Å². The number of ether oxygens (including phenoxy) is 1. The molecule has 0 fully saturated rings. The van der Waals surface area contributed by atoms with Gasteiger partial charge in [0.25, 0.3) is 0 Å². The number of benzene rings is 1. The molecular weight excluding hydrogens is 338 g/mol. The van der Waals surface area contributed by atoms with Gasteiger partial charge in [0.1, 0.15) is 0 Å². The van der Waals surface area contributed by atoms with Crippen molar-refractivity contribution in [2.24, 2.45) is 0 Å². The van der Waals surface area contributed by atoms with Gasteiger partial charge in [-0.2, -0.15) is 4.98 Å². The van der Waals surface area contributed by atoms with Crippen LogP contribution in [0.2, 0.25) is 0 Å². The Bertz CT molecular complexity index is 598. The highest BCUT2D eigenvalue weighted by molar-refractivity contribution is 9.10. The van der Waals surface area contributed by atoms with Crippen LogP contribution in [-0.2, 0) is 6.54 Å². The number of nitrogens with zero attached hydrogens (tertiary/aromatic N) is 2. The van der Waals surface area contributed by atoms with Gasteiger partial charge < -0.3 is 15.0 Å². The van der Waals surface area contributed by atoms with E-state index in [9.17, 15) is 0 Å². The molecule has 0 radical (unpaired) electrons.